The van der Waals surface area contributed by atoms with Crippen molar-refractivity contribution in [3.05, 3.63) is 11.7 Å². The Hall–Kier alpha value is -1.02. The second kappa shape index (κ2) is 4.58. The Morgan fingerprint density at radius 1 is 1.39 bits per heavy atom. The van der Waals surface area contributed by atoms with E-state index in [1.807, 2.05) is 0 Å². The SMILES string of the molecule is CC(O)C(N)c1nc(C2CN3CCN2CC3)no1. The first-order chi connectivity index (χ1) is 8.65. The van der Waals surface area contributed by atoms with Crippen LogP contribution in [0.25, 0.3) is 0 Å². The Balaban J connectivity index is 1.77. The molecule has 4 heterocycles. The van der Waals surface area contributed by atoms with Gasteiger partial charge in [-0.1, -0.05) is 5.16 Å². The van der Waals surface area contributed by atoms with Crippen molar-refractivity contribution in [1.82, 2.24) is 19.9 Å². The van der Waals surface area contributed by atoms with Crippen LogP contribution in [-0.4, -0.2) is 63.9 Å². The van der Waals surface area contributed by atoms with Gasteiger partial charge in [-0.25, -0.2) is 0 Å². The average molecular weight is 253 g/mol. The summed E-state index contributed by atoms with van der Waals surface area (Å²) in [7, 11) is 0. The Labute approximate surface area is 106 Å². The molecule has 100 valence electrons. The lowest BCUT2D eigenvalue weighted by Gasteiger charge is -2.46. The smallest absolute Gasteiger partial charge is 0.246 e. The zero-order valence-electron chi connectivity index (χ0n) is 10.5. The molecule has 0 amide bonds. The van der Waals surface area contributed by atoms with Crippen LogP contribution in [0.5, 0.6) is 0 Å². The first-order valence-electron chi connectivity index (χ1n) is 6.38. The molecule has 0 saturated carbocycles. The van der Waals surface area contributed by atoms with Crippen molar-refractivity contribution in [2.24, 2.45) is 5.73 Å². The van der Waals surface area contributed by atoms with E-state index < -0.39 is 12.1 Å². The van der Waals surface area contributed by atoms with Gasteiger partial charge < -0.3 is 15.4 Å². The number of rotatable bonds is 3. The second-order valence-corrected chi connectivity index (χ2v) is 5.11. The molecule has 1 aromatic rings. The highest BCUT2D eigenvalue weighted by molar-refractivity contribution is 5.03. The Morgan fingerprint density at radius 2 is 2.11 bits per heavy atom. The van der Waals surface area contributed by atoms with Crippen LogP contribution in [0.3, 0.4) is 0 Å². The summed E-state index contributed by atoms with van der Waals surface area (Å²) >= 11 is 0. The number of hydrogen-bond donors (Lipinski definition) is 2. The monoisotopic (exact) mass is 253 g/mol. The summed E-state index contributed by atoms with van der Waals surface area (Å²) in [6.45, 7) is 6.91. The zero-order chi connectivity index (χ0) is 12.7. The van der Waals surface area contributed by atoms with Gasteiger partial charge in [0.15, 0.2) is 5.82 Å². The summed E-state index contributed by atoms with van der Waals surface area (Å²) in [4.78, 5) is 9.13. The Morgan fingerprint density at radius 3 is 2.67 bits per heavy atom. The highest BCUT2D eigenvalue weighted by Gasteiger charge is 2.36. The van der Waals surface area contributed by atoms with E-state index in [1.54, 1.807) is 6.92 Å². The number of piperazine rings is 3. The van der Waals surface area contributed by atoms with Crippen LogP contribution < -0.4 is 5.73 Å². The van der Waals surface area contributed by atoms with E-state index in [0.717, 1.165) is 32.7 Å². The molecule has 0 aromatic carbocycles. The van der Waals surface area contributed by atoms with Gasteiger partial charge in [0.05, 0.1) is 12.1 Å². The number of fused-ring (bicyclic) bond motifs is 3. The molecular weight excluding hydrogens is 234 g/mol. The third-order valence-corrected chi connectivity index (χ3v) is 3.84. The van der Waals surface area contributed by atoms with E-state index >= 15 is 0 Å². The number of aliphatic hydroxyl groups excluding tert-OH is 1. The van der Waals surface area contributed by atoms with Gasteiger partial charge in [-0.3, -0.25) is 9.80 Å². The molecule has 3 unspecified atom stereocenters. The van der Waals surface area contributed by atoms with Gasteiger partial charge >= 0.3 is 0 Å². The van der Waals surface area contributed by atoms with Crippen molar-refractivity contribution in [2.45, 2.75) is 25.1 Å². The quantitative estimate of drug-likeness (QED) is 0.723. The fourth-order valence-electron chi connectivity index (χ4n) is 2.59. The molecule has 4 rings (SSSR count). The summed E-state index contributed by atoms with van der Waals surface area (Å²) in [5, 5.41) is 13.4. The minimum Gasteiger partial charge on any atom is -0.391 e. The van der Waals surface area contributed by atoms with Crippen molar-refractivity contribution < 1.29 is 9.63 Å². The lowest BCUT2D eigenvalue weighted by Crippen LogP contribution is -2.57. The maximum Gasteiger partial charge on any atom is 0.246 e. The number of aliphatic hydroxyl groups is 1. The van der Waals surface area contributed by atoms with Crippen molar-refractivity contribution in [3.63, 3.8) is 0 Å². The summed E-state index contributed by atoms with van der Waals surface area (Å²) in [5.74, 6) is 1.00. The maximum absolute atomic E-state index is 9.43. The molecule has 3 aliphatic heterocycles. The molecule has 3 atom stereocenters. The standard InChI is InChI=1S/C11H19N5O2/c1-7(17)9(12)11-13-10(14-18-11)8-6-15-2-4-16(8)5-3-15/h7-9,17H,2-6,12H2,1H3. The molecule has 7 heteroatoms. The van der Waals surface area contributed by atoms with Gasteiger partial charge in [0.1, 0.15) is 6.04 Å². The number of nitrogens with zero attached hydrogens (tertiary/aromatic N) is 4. The third-order valence-electron chi connectivity index (χ3n) is 3.84. The minimum atomic E-state index is -0.690. The predicted octanol–water partition coefficient (Wildman–Crippen LogP) is -0.877. The van der Waals surface area contributed by atoms with Gasteiger partial charge in [0, 0.05) is 32.7 Å². The van der Waals surface area contributed by atoms with Crippen molar-refractivity contribution in [1.29, 1.82) is 0 Å². The first kappa shape index (κ1) is 12.0. The predicted molar refractivity (Wildman–Crippen MR) is 63.7 cm³/mol. The van der Waals surface area contributed by atoms with Gasteiger partial charge in [-0.05, 0) is 6.92 Å². The first-order valence-corrected chi connectivity index (χ1v) is 6.38. The Kier molecular flexibility index (Phi) is 3.06. The maximum atomic E-state index is 9.43. The fourth-order valence-corrected chi connectivity index (χ4v) is 2.59. The largest absolute Gasteiger partial charge is 0.391 e. The van der Waals surface area contributed by atoms with Crippen LogP contribution >= 0.6 is 0 Å². The molecule has 3 N–H and O–H groups in total. The van der Waals surface area contributed by atoms with E-state index in [4.69, 9.17) is 10.3 Å². The van der Waals surface area contributed by atoms with Crippen LogP contribution in [0.1, 0.15) is 30.7 Å². The highest BCUT2D eigenvalue weighted by atomic mass is 16.5. The summed E-state index contributed by atoms with van der Waals surface area (Å²) in [6, 6.07) is -0.409. The molecule has 7 nitrogen and oxygen atoms in total. The van der Waals surface area contributed by atoms with E-state index in [2.05, 4.69) is 19.9 Å². The van der Waals surface area contributed by atoms with Crippen LogP contribution in [0.2, 0.25) is 0 Å². The number of aromatic nitrogens is 2. The second-order valence-electron chi connectivity index (χ2n) is 5.11. The molecule has 3 fully saturated rings. The third kappa shape index (κ3) is 2.03. The molecule has 0 spiro atoms. The summed E-state index contributed by atoms with van der Waals surface area (Å²) in [6.07, 6.45) is -0.690. The van der Waals surface area contributed by atoms with Crippen LogP contribution in [0, 0.1) is 0 Å². The summed E-state index contributed by atoms with van der Waals surface area (Å²) < 4.78 is 5.16. The van der Waals surface area contributed by atoms with Crippen molar-refractivity contribution in [3.8, 4) is 0 Å². The molecule has 18 heavy (non-hydrogen) atoms. The summed E-state index contributed by atoms with van der Waals surface area (Å²) in [5.41, 5.74) is 5.79. The average Bonchev–Trinajstić information content (AvgIpc) is 2.88. The van der Waals surface area contributed by atoms with E-state index in [9.17, 15) is 5.11 Å². The van der Waals surface area contributed by atoms with Gasteiger partial charge in [0.25, 0.3) is 0 Å². The van der Waals surface area contributed by atoms with E-state index in [1.165, 1.54) is 0 Å². The lowest BCUT2D eigenvalue weighted by atomic mass is 10.1. The van der Waals surface area contributed by atoms with Crippen LogP contribution in [0.4, 0.5) is 0 Å². The Bertz CT molecular complexity index is 413. The lowest BCUT2D eigenvalue weighted by molar-refractivity contribution is 0.00781. The van der Waals surface area contributed by atoms with Gasteiger partial charge in [-0.2, -0.15) is 4.98 Å². The molecule has 0 aliphatic carbocycles. The molecular formula is C11H19N5O2. The highest BCUT2D eigenvalue weighted by Crippen LogP contribution is 2.27. The minimum absolute atomic E-state index is 0.200. The van der Waals surface area contributed by atoms with Gasteiger partial charge in [0.2, 0.25) is 5.89 Å². The van der Waals surface area contributed by atoms with Gasteiger partial charge in [-0.15, -0.1) is 0 Å². The normalized spacial score (nSPS) is 34.5. The van der Waals surface area contributed by atoms with Crippen molar-refractivity contribution >= 4 is 0 Å². The number of hydrogen-bond acceptors (Lipinski definition) is 7. The molecule has 3 aliphatic rings. The molecule has 0 radical (unpaired) electrons. The fraction of sp³-hybridized carbons (Fsp3) is 0.818. The van der Waals surface area contributed by atoms with E-state index in [-0.39, 0.29) is 6.04 Å². The topological polar surface area (TPSA) is 91.7 Å². The van der Waals surface area contributed by atoms with Crippen LogP contribution in [0.15, 0.2) is 4.52 Å². The molecule has 3 saturated heterocycles. The van der Waals surface area contributed by atoms with Crippen molar-refractivity contribution in [2.75, 3.05) is 32.7 Å². The molecule has 2 bridgehead atoms. The number of nitrogens with two attached hydrogens (primary N) is 1. The van der Waals surface area contributed by atoms with Crippen LogP contribution in [-0.2, 0) is 0 Å². The van der Waals surface area contributed by atoms with E-state index in [0.29, 0.717) is 11.7 Å². The zero-order valence-corrected chi connectivity index (χ0v) is 10.5. The molecule has 1 aromatic heterocycles.